The predicted molar refractivity (Wildman–Crippen MR) is 125 cm³/mol. The molecule has 1 aromatic carbocycles. The van der Waals surface area contributed by atoms with Crippen LogP contribution < -0.4 is 5.32 Å². The summed E-state index contributed by atoms with van der Waals surface area (Å²) < 4.78 is 2.08. The Morgan fingerprint density at radius 1 is 1.03 bits per heavy atom. The van der Waals surface area contributed by atoms with Gasteiger partial charge >= 0.3 is 0 Å². The fourth-order valence-corrected chi connectivity index (χ4v) is 5.17. The molecule has 9 heteroatoms. The Bertz CT molecular complexity index is 904. The second-order valence-corrected chi connectivity index (χ2v) is 9.49. The Labute approximate surface area is 193 Å². The van der Waals surface area contributed by atoms with Crippen molar-refractivity contribution in [3.8, 4) is 5.69 Å². The van der Waals surface area contributed by atoms with E-state index in [9.17, 15) is 9.59 Å². The summed E-state index contributed by atoms with van der Waals surface area (Å²) in [6, 6.07) is 10.2. The Kier molecular flexibility index (Phi) is 7.81. The van der Waals surface area contributed by atoms with E-state index in [4.69, 9.17) is 0 Å². The first-order valence-corrected chi connectivity index (χ1v) is 12.5. The van der Waals surface area contributed by atoms with Crippen LogP contribution in [-0.4, -0.2) is 74.4 Å². The average molecular weight is 457 g/mol. The Morgan fingerprint density at radius 2 is 1.75 bits per heavy atom. The number of nitrogens with one attached hydrogen (secondary N) is 1. The molecule has 0 saturated carbocycles. The van der Waals surface area contributed by atoms with Crippen LogP contribution in [0.4, 0.5) is 0 Å². The molecule has 2 saturated heterocycles. The number of carbonyl (C=O) groups is 2. The lowest BCUT2D eigenvalue weighted by atomic mass is 10.1. The molecule has 1 N–H and O–H groups in total. The maximum Gasteiger partial charge on any atom is 0.230 e. The number of para-hydroxylation sites is 1. The molecule has 2 aromatic rings. The molecule has 0 radical (unpaired) electrons. The van der Waals surface area contributed by atoms with E-state index < -0.39 is 0 Å². The molecule has 8 nitrogen and oxygen atoms in total. The molecule has 3 heterocycles. The van der Waals surface area contributed by atoms with Crippen molar-refractivity contribution >= 4 is 23.6 Å². The molecule has 2 aliphatic heterocycles. The van der Waals surface area contributed by atoms with Crippen LogP contribution in [0.2, 0.25) is 0 Å². The quantitative estimate of drug-likeness (QED) is 0.645. The van der Waals surface area contributed by atoms with Crippen LogP contribution in [0.1, 0.15) is 44.9 Å². The Balaban J connectivity index is 1.38. The summed E-state index contributed by atoms with van der Waals surface area (Å²) in [6.07, 6.45) is 5.36. The maximum absolute atomic E-state index is 12.6. The zero-order valence-corrected chi connectivity index (χ0v) is 19.5. The van der Waals surface area contributed by atoms with Crippen molar-refractivity contribution in [2.75, 3.05) is 31.9 Å². The predicted octanol–water partition coefficient (Wildman–Crippen LogP) is 2.47. The zero-order valence-electron chi connectivity index (χ0n) is 18.7. The van der Waals surface area contributed by atoms with Gasteiger partial charge in [0.25, 0.3) is 0 Å². The topological polar surface area (TPSA) is 83.4 Å². The van der Waals surface area contributed by atoms with E-state index in [0.717, 1.165) is 49.1 Å². The number of nitrogens with zero attached hydrogens (tertiary/aromatic N) is 5. The number of carbonyl (C=O) groups excluding carboxylic acids is 2. The monoisotopic (exact) mass is 456 g/mol. The number of hydrogen-bond donors (Lipinski definition) is 1. The summed E-state index contributed by atoms with van der Waals surface area (Å²) in [5.41, 5.74) is 1.02. The molecule has 0 atom stereocenters. The number of aromatic nitrogens is 3. The van der Waals surface area contributed by atoms with Gasteiger partial charge in [0.15, 0.2) is 11.0 Å². The van der Waals surface area contributed by atoms with Crippen molar-refractivity contribution in [1.82, 2.24) is 29.9 Å². The molecule has 0 unspecified atom stereocenters. The van der Waals surface area contributed by atoms with Gasteiger partial charge in [0.2, 0.25) is 11.8 Å². The van der Waals surface area contributed by atoms with Crippen molar-refractivity contribution in [1.29, 1.82) is 0 Å². The van der Waals surface area contributed by atoms with Gasteiger partial charge < -0.3 is 10.2 Å². The van der Waals surface area contributed by atoms with Crippen LogP contribution in [-0.2, 0) is 16.1 Å². The Hall–Kier alpha value is -2.39. The van der Waals surface area contributed by atoms with Gasteiger partial charge in [-0.25, -0.2) is 0 Å². The summed E-state index contributed by atoms with van der Waals surface area (Å²) in [4.78, 5) is 28.3. The van der Waals surface area contributed by atoms with E-state index in [0.29, 0.717) is 18.8 Å². The van der Waals surface area contributed by atoms with Crippen molar-refractivity contribution in [2.24, 2.45) is 0 Å². The molecule has 172 valence electrons. The molecule has 0 spiro atoms. The van der Waals surface area contributed by atoms with Gasteiger partial charge in [-0.05, 0) is 50.9 Å². The third-order valence-electron chi connectivity index (χ3n) is 6.17. The first-order valence-electron chi connectivity index (χ1n) is 11.5. The molecule has 4 rings (SSSR count). The van der Waals surface area contributed by atoms with Gasteiger partial charge in [-0.1, -0.05) is 36.4 Å². The SMILES string of the molecule is CC(=O)N1CCC(NC(=O)CSc2nnc(CN3CCCCC3)n2-c2ccccc2)CC1. The lowest BCUT2D eigenvalue weighted by Crippen LogP contribution is -2.46. The zero-order chi connectivity index (χ0) is 22.3. The second kappa shape index (κ2) is 11.0. The summed E-state index contributed by atoms with van der Waals surface area (Å²) in [5, 5.41) is 12.8. The number of piperidine rings is 2. The smallest absolute Gasteiger partial charge is 0.230 e. The third kappa shape index (κ3) is 5.89. The van der Waals surface area contributed by atoms with Crippen LogP contribution in [0.25, 0.3) is 5.69 Å². The Morgan fingerprint density at radius 3 is 2.44 bits per heavy atom. The molecule has 2 aliphatic rings. The van der Waals surface area contributed by atoms with E-state index >= 15 is 0 Å². The fourth-order valence-electron chi connectivity index (χ4n) is 4.39. The molecular weight excluding hydrogens is 424 g/mol. The molecule has 2 fully saturated rings. The van der Waals surface area contributed by atoms with Crippen LogP contribution >= 0.6 is 11.8 Å². The first kappa shape index (κ1) is 22.8. The lowest BCUT2D eigenvalue weighted by molar-refractivity contribution is -0.130. The molecule has 1 aromatic heterocycles. The maximum atomic E-state index is 12.6. The normalized spacial score (nSPS) is 18.0. The van der Waals surface area contributed by atoms with Crippen LogP contribution in [0.15, 0.2) is 35.5 Å². The van der Waals surface area contributed by atoms with Crippen LogP contribution in [0.5, 0.6) is 0 Å². The van der Waals surface area contributed by atoms with E-state index in [-0.39, 0.29) is 17.9 Å². The number of thioether (sulfide) groups is 1. The lowest BCUT2D eigenvalue weighted by Gasteiger charge is -2.31. The number of hydrogen-bond acceptors (Lipinski definition) is 6. The molecule has 2 amide bonds. The largest absolute Gasteiger partial charge is 0.353 e. The summed E-state index contributed by atoms with van der Waals surface area (Å²) in [6.45, 7) is 5.95. The highest BCUT2D eigenvalue weighted by molar-refractivity contribution is 7.99. The molecule has 0 bridgehead atoms. The minimum absolute atomic E-state index is 0.00327. The minimum Gasteiger partial charge on any atom is -0.353 e. The standard InChI is InChI=1S/C23H32N6O2S/c1-18(30)28-14-10-19(11-15-28)24-22(31)17-32-23-26-25-21(16-27-12-6-3-7-13-27)29(23)20-8-4-2-5-9-20/h2,4-5,8-9,19H,3,6-7,10-17H2,1H3,(H,24,31). The highest BCUT2D eigenvalue weighted by Gasteiger charge is 2.23. The second-order valence-electron chi connectivity index (χ2n) is 8.54. The van der Waals surface area contributed by atoms with Crippen LogP contribution in [0, 0.1) is 0 Å². The van der Waals surface area contributed by atoms with E-state index in [1.165, 1.54) is 31.0 Å². The summed E-state index contributed by atoms with van der Waals surface area (Å²) in [5.74, 6) is 1.31. The van der Waals surface area contributed by atoms with Gasteiger partial charge in [-0.2, -0.15) is 0 Å². The van der Waals surface area contributed by atoms with Gasteiger partial charge in [0.1, 0.15) is 0 Å². The fraction of sp³-hybridized carbons (Fsp3) is 0.565. The van der Waals surface area contributed by atoms with E-state index in [1.807, 2.05) is 23.1 Å². The van der Waals surface area contributed by atoms with Crippen molar-refractivity contribution in [2.45, 2.75) is 56.8 Å². The van der Waals surface area contributed by atoms with Gasteiger partial charge in [0.05, 0.1) is 12.3 Å². The summed E-state index contributed by atoms with van der Waals surface area (Å²) in [7, 11) is 0. The number of amides is 2. The molecule has 0 aliphatic carbocycles. The van der Waals surface area contributed by atoms with Gasteiger partial charge in [-0.3, -0.25) is 19.1 Å². The van der Waals surface area contributed by atoms with Gasteiger partial charge in [0, 0.05) is 31.7 Å². The number of rotatable bonds is 7. The van der Waals surface area contributed by atoms with Crippen molar-refractivity contribution in [3.63, 3.8) is 0 Å². The summed E-state index contributed by atoms with van der Waals surface area (Å²) >= 11 is 1.42. The third-order valence-corrected chi connectivity index (χ3v) is 7.10. The van der Waals surface area contributed by atoms with Crippen molar-refractivity contribution < 1.29 is 9.59 Å². The minimum atomic E-state index is -0.00327. The average Bonchev–Trinajstić information content (AvgIpc) is 3.21. The van der Waals surface area contributed by atoms with Crippen molar-refractivity contribution in [3.05, 3.63) is 36.2 Å². The van der Waals surface area contributed by atoms with Crippen LogP contribution in [0.3, 0.4) is 0 Å². The van der Waals surface area contributed by atoms with Gasteiger partial charge in [-0.15, -0.1) is 10.2 Å². The van der Waals surface area contributed by atoms with E-state index in [1.54, 1.807) is 6.92 Å². The number of benzene rings is 1. The highest BCUT2D eigenvalue weighted by atomic mass is 32.2. The highest BCUT2D eigenvalue weighted by Crippen LogP contribution is 2.24. The first-order chi connectivity index (χ1) is 15.6. The van der Waals surface area contributed by atoms with E-state index in [2.05, 4.69) is 37.1 Å². The molecular formula is C23H32N6O2S. The number of likely N-dealkylation sites (tertiary alicyclic amines) is 2. The molecule has 32 heavy (non-hydrogen) atoms.